The third kappa shape index (κ3) is 4.39. The molecule has 0 aliphatic rings. The number of hydrogen-bond donors (Lipinski definition) is 1. The van der Waals surface area contributed by atoms with Crippen LogP contribution in [0.1, 0.15) is 0 Å². The van der Waals surface area contributed by atoms with E-state index in [4.69, 9.17) is 10.5 Å². The van der Waals surface area contributed by atoms with Gasteiger partial charge in [-0.2, -0.15) is 10.5 Å². The molecule has 0 bridgehead atoms. The minimum absolute atomic E-state index is 1.41. The van der Waals surface area contributed by atoms with E-state index < -0.39 is 7.26 Å². The average Bonchev–Trinajstić information content (AvgIpc) is 2.83. The molecule has 0 fully saturated rings. The quantitative estimate of drug-likeness (QED) is 0.320. The maximum absolute atomic E-state index is 7.48. The standard InChI is InChI=1S/C24H21P.C2HN3/c1-5-13-21(14-6-1)25(22-15-7-2-8-16-22,23-17-9-3-10-18-23)24-19-11-4-12-20-24;3-1-5-2-4/h1-20,25H;5H. The molecule has 0 aliphatic carbocycles. The van der Waals surface area contributed by atoms with Gasteiger partial charge in [-0.05, 0) is 0 Å². The van der Waals surface area contributed by atoms with Crippen LogP contribution in [0.5, 0.6) is 0 Å². The first-order chi connectivity index (χ1) is 14.8. The predicted octanol–water partition coefficient (Wildman–Crippen LogP) is 3.58. The van der Waals surface area contributed by atoms with Crippen molar-refractivity contribution in [2.24, 2.45) is 0 Å². The molecule has 3 nitrogen and oxygen atoms in total. The molecule has 4 aromatic carbocycles. The summed E-state index contributed by atoms with van der Waals surface area (Å²) in [6.07, 6.45) is 2.81. The second-order valence-corrected chi connectivity index (χ2v) is 10.4. The van der Waals surface area contributed by atoms with Gasteiger partial charge in [0.1, 0.15) is 0 Å². The normalized spacial score (nSPS) is 10.5. The number of nitrogens with one attached hydrogen (secondary N) is 1. The fraction of sp³-hybridized carbons (Fsp3) is 0. The zero-order valence-corrected chi connectivity index (χ0v) is 17.4. The van der Waals surface area contributed by atoms with Gasteiger partial charge in [-0.1, -0.05) is 0 Å². The van der Waals surface area contributed by atoms with Crippen molar-refractivity contribution in [3.63, 3.8) is 0 Å². The summed E-state index contributed by atoms with van der Waals surface area (Å²) < 4.78 is 0. The van der Waals surface area contributed by atoms with Crippen LogP contribution in [-0.4, -0.2) is 0 Å². The molecule has 0 aromatic heterocycles. The Morgan fingerprint density at radius 3 is 0.833 bits per heavy atom. The second-order valence-electron chi connectivity index (χ2n) is 6.56. The van der Waals surface area contributed by atoms with Crippen LogP contribution in [0.3, 0.4) is 0 Å². The first-order valence-corrected chi connectivity index (χ1v) is 11.6. The molecule has 0 saturated heterocycles. The summed E-state index contributed by atoms with van der Waals surface area (Å²) in [5.41, 5.74) is 0. The first kappa shape index (κ1) is 20.8. The van der Waals surface area contributed by atoms with Gasteiger partial charge in [-0.15, -0.1) is 0 Å². The number of hydrogen-bond acceptors (Lipinski definition) is 3. The van der Waals surface area contributed by atoms with Crippen molar-refractivity contribution in [3.8, 4) is 12.4 Å². The van der Waals surface area contributed by atoms with Crippen LogP contribution in [-0.2, 0) is 0 Å². The van der Waals surface area contributed by atoms with Crippen molar-refractivity contribution in [3.05, 3.63) is 121 Å². The van der Waals surface area contributed by atoms with Gasteiger partial charge in [-0.25, -0.2) is 5.32 Å². The van der Waals surface area contributed by atoms with Crippen LogP contribution in [0.25, 0.3) is 0 Å². The summed E-state index contributed by atoms with van der Waals surface area (Å²) in [6.45, 7) is 0. The van der Waals surface area contributed by atoms with E-state index in [0.29, 0.717) is 0 Å². The Labute approximate surface area is 178 Å². The Balaban J connectivity index is 0.000000461. The fourth-order valence-corrected chi connectivity index (χ4v) is 8.55. The number of benzene rings is 4. The predicted molar refractivity (Wildman–Crippen MR) is 127 cm³/mol. The molecule has 4 aromatic rings. The fourth-order valence-electron chi connectivity index (χ4n) is 3.78. The summed E-state index contributed by atoms with van der Waals surface area (Å²) in [7, 11) is -2.30. The average molecular weight is 407 g/mol. The molecule has 4 rings (SSSR count). The van der Waals surface area contributed by atoms with Gasteiger partial charge < -0.3 is 0 Å². The summed E-state index contributed by atoms with van der Waals surface area (Å²) in [5, 5.41) is 22.3. The molecular weight excluding hydrogens is 385 g/mol. The molecular formula is C26H22N3P. The SMILES string of the molecule is N#CNC#N.c1ccc([PH](c2ccccc2)(c2ccccc2)c2ccccc2)cc1. The molecule has 0 radical (unpaired) electrons. The van der Waals surface area contributed by atoms with Crippen LogP contribution in [0.4, 0.5) is 0 Å². The van der Waals surface area contributed by atoms with Gasteiger partial charge in [-0.3, -0.25) is 0 Å². The summed E-state index contributed by atoms with van der Waals surface area (Å²) in [6, 6.07) is 44.0. The topological polar surface area (TPSA) is 59.6 Å². The molecule has 1 N–H and O–H groups in total. The second kappa shape index (κ2) is 10.6. The molecule has 0 heterocycles. The van der Waals surface area contributed by atoms with Crippen LogP contribution in [0.2, 0.25) is 0 Å². The zero-order chi connectivity index (χ0) is 21.1. The Bertz CT molecular complexity index is 942. The number of nitriles is 2. The van der Waals surface area contributed by atoms with E-state index in [-0.39, 0.29) is 0 Å². The van der Waals surface area contributed by atoms with Crippen molar-refractivity contribution in [2.75, 3.05) is 0 Å². The third-order valence-electron chi connectivity index (χ3n) is 4.94. The van der Waals surface area contributed by atoms with E-state index in [1.54, 1.807) is 5.32 Å². The van der Waals surface area contributed by atoms with E-state index in [0.717, 1.165) is 0 Å². The van der Waals surface area contributed by atoms with Gasteiger partial charge >= 0.3 is 150 Å². The third-order valence-corrected chi connectivity index (χ3v) is 9.74. The van der Waals surface area contributed by atoms with Gasteiger partial charge in [0.2, 0.25) is 0 Å². The van der Waals surface area contributed by atoms with Crippen molar-refractivity contribution in [1.29, 1.82) is 10.5 Å². The van der Waals surface area contributed by atoms with Crippen LogP contribution >= 0.6 is 7.26 Å². The van der Waals surface area contributed by atoms with Gasteiger partial charge in [0.05, 0.1) is 0 Å². The summed E-state index contributed by atoms with van der Waals surface area (Å²) >= 11 is 0. The molecule has 0 atom stereocenters. The van der Waals surface area contributed by atoms with Gasteiger partial charge in [0, 0.05) is 0 Å². The molecule has 0 amide bonds. The van der Waals surface area contributed by atoms with E-state index in [9.17, 15) is 0 Å². The van der Waals surface area contributed by atoms with Crippen molar-refractivity contribution >= 4 is 28.5 Å². The maximum atomic E-state index is 7.48. The monoisotopic (exact) mass is 407 g/mol. The van der Waals surface area contributed by atoms with Crippen LogP contribution < -0.4 is 26.5 Å². The summed E-state index contributed by atoms with van der Waals surface area (Å²) in [4.78, 5) is 0. The minimum atomic E-state index is -2.30. The summed E-state index contributed by atoms with van der Waals surface area (Å²) in [5.74, 6) is 0. The molecule has 0 saturated carbocycles. The Kier molecular flexibility index (Phi) is 7.34. The van der Waals surface area contributed by atoms with Crippen molar-refractivity contribution < 1.29 is 0 Å². The van der Waals surface area contributed by atoms with E-state index >= 15 is 0 Å². The Hall–Kier alpha value is -3.91. The van der Waals surface area contributed by atoms with E-state index in [1.807, 2.05) is 0 Å². The Morgan fingerprint density at radius 1 is 0.433 bits per heavy atom. The molecule has 0 spiro atoms. The molecule has 0 aliphatic heterocycles. The Morgan fingerprint density at radius 2 is 0.667 bits per heavy atom. The molecule has 146 valence electrons. The van der Waals surface area contributed by atoms with Gasteiger partial charge in [0.25, 0.3) is 0 Å². The van der Waals surface area contributed by atoms with Crippen LogP contribution in [0, 0.1) is 22.9 Å². The molecule has 4 heteroatoms. The number of rotatable bonds is 4. The van der Waals surface area contributed by atoms with E-state index in [2.05, 4.69) is 121 Å². The molecule has 0 unspecified atom stereocenters. The van der Waals surface area contributed by atoms with Crippen molar-refractivity contribution in [2.45, 2.75) is 0 Å². The van der Waals surface area contributed by atoms with E-state index in [1.165, 1.54) is 33.6 Å². The zero-order valence-electron chi connectivity index (χ0n) is 16.4. The first-order valence-electron chi connectivity index (χ1n) is 9.59. The van der Waals surface area contributed by atoms with Crippen LogP contribution in [0.15, 0.2) is 121 Å². The number of nitrogens with zero attached hydrogens (tertiary/aromatic N) is 2. The van der Waals surface area contributed by atoms with Crippen molar-refractivity contribution in [1.82, 2.24) is 5.32 Å². The molecule has 30 heavy (non-hydrogen) atoms. The van der Waals surface area contributed by atoms with Gasteiger partial charge in [0.15, 0.2) is 12.4 Å².